The summed E-state index contributed by atoms with van der Waals surface area (Å²) in [7, 11) is -4.21. The zero-order valence-corrected chi connectivity index (χ0v) is 27.0. The van der Waals surface area contributed by atoms with E-state index in [2.05, 4.69) is 21.2 Å². The molecule has 1 atom stereocenters. The molecule has 0 bridgehead atoms. The van der Waals surface area contributed by atoms with Crippen LogP contribution in [0.4, 0.5) is 5.69 Å². The van der Waals surface area contributed by atoms with Gasteiger partial charge in [-0.3, -0.25) is 13.9 Å². The maximum absolute atomic E-state index is 14.0. The minimum absolute atomic E-state index is 0.00585. The Bertz CT molecular complexity index is 1450. The lowest BCUT2D eigenvalue weighted by Crippen LogP contribution is -2.52. The van der Waals surface area contributed by atoms with Gasteiger partial charge in [-0.25, -0.2) is 8.42 Å². The number of nitrogens with one attached hydrogen (secondary N) is 1. The predicted molar refractivity (Wildman–Crippen MR) is 166 cm³/mol. The highest BCUT2D eigenvalue weighted by atomic mass is 79.9. The van der Waals surface area contributed by atoms with Gasteiger partial charge in [0.1, 0.15) is 18.3 Å². The van der Waals surface area contributed by atoms with Crippen LogP contribution in [0.3, 0.4) is 0 Å². The Morgan fingerprint density at radius 2 is 1.54 bits per heavy atom. The number of nitrogens with zero attached hydrogens (tertiary/aromatic N) is 2. The summed E-state index contributed by atoms with van der Waals surface area (Å²) in [5, 5.41) is 3.44. The van der Waals surface area contributed by atoms with Gasteiger partial charge in [-0.2, -0.15) is 0 Å². The Kier molecular flexibility index (Phi) is 11.5. The largest absolute Gasteiger partial charge is 0.494 e. The van der Waals surface area contributed by atoms with Crippen molar-refractivity contribution in [1.29, 1.82) is 0 Å². The zero-order valence-electron chi connectivity index (χ0n) is 23.1. The molecule has 0 aromatic heterocycles. The van der Waals surface area contributed by atoms with Crippen LogP contribution in [0, 0.1) is 0 Å². The number of carbonyl (C=O) groups excluding carboxylic acids is 2. The molecule has 3 aromatic rings. The smallest absolute Gasteiger partial charge is 0.264 e. The summed E-state index contributed by atoms with van der Waals surface area (Å²) in [6, 6.07) is 16.3. The van der Waals surface area contributed by atoms with Crippen molar-refractivity contribution in [3.05, 3.63) is 86.8 Å². The molecule has 1 N–H and O–H groups in total. The van der Waals surface area contributed by atoms with Crippen LogP contribution in [0.15, 0.2) is 76.1 Å². The van der Waals surface area contributed by atoms with E-state index in [1.165, 1.54) is 17.0 Å². The Morgan fingerprint density at radius 3 is 2.07 bits per heavy atom. The molecule has 2 amide bonds. The molecule has 0 radical (unpaired) electrons. The summed E-state index contributed by atoms with van der Waals surface area (Å²) < 4.78 is 35.1. The molecule has 3 aromatic carbocycles. The molecule has 0 saturated heterocycles. The van der Waals surface area contributed by atoms with Crippen LogP contribution in [0.2, 0.25) is 10.0 Å². The molecule has 0 aliphatic heterocycles. The van der Waals surface area contributed by atoms with Gasteiger partial charge in [0.05, 0.1) is 17.2 Å². The van der Waals surface area contributed by atoms with Gasteiger partial charge in [-0.1, -0.05) is 45.2 Å². The van der Waals surface area contributed by atoms with Gasteiger partial charge in [-0.05, 0) is 88.4 Å². The Morgan fingerprint density at radius 1 is 0.951 bits per heavy atom. The highest BCUT2D eigenvalue weighted by Crippen LogP contribution is 2.29. The zero-order chi connectivity index (χ0) is 30.3. The van der Waals surface area contributed by atoms with Gasteiger partial charge >= 0.3 is 0 Å². The molecule has 0 heterocycles. The van der Waals surface area contributed by atoms with Gasteiger partial charge in [0, 0.05) is 32.7 Å². The standard InChI is InChI=1S/C29H32BrCl2N3O5S/c1-5-40-23-13-11-22(12-14-23)35(41(38,39)24-15-9-21(30)10-16-24)18-28(36)34(20(4)29(37)33-19(2)3)17-25-26(31)7-6-8-27(25)32/h6-16,19-20H,5,17-18H2,1-4H3,(H,33,37)/t20-/m0/s1. The number of hydrogen-bond acceptors (Lipinski definition) is 5. The molecule has 41 heavy (non-hydrogen) atoms. The summed E-state index contributed by atoms with van der Waals surface area (Å²) in [6.45, 7) is 6.76. The molecule has 0 aliphatic carbocycles. The van der Waals surface area contributed by atoms with E-state index < -0.39 is 34.4 Å². The molecule has 0 saturated carbocycles. The van der Waals surface area contributed by atoms with Crippen molar-refractivity contribution in [1.82, 2.24) is 10.2 Å². The number of amides is 2. The van der Waals surface area contributed by atoms with Crippen molar-refractivity contribution < 1.29 is 22.7 Å². The lowest BCUT2D eigenvalue weighted by atomic mass is 10.1. The van der Waals surface area contributed by atoms with Crippen molar-refractivity contribution in [2.75, 3.05) is 17.5 Å². The number of ether oxygens (including phenoxy) is 1. The summed E-state index contributed by atoms with van der Waals surface area (Å²) >= 11 is 16.1. The van der Waals surface area contributed by atoms with E-state index in [9.17, 15) is 18.0 Å². The van der Waals surface area contributed by atoms with Gasteiger partial charge < -0.3 is 15.0 Å². The van der Waals surface area contributed by atoms with Gasteiger partial charge in [0.2, 0.25) is 11.8 Å². The maximum Gasteiger partial charge on any atom is 0.264 e. The third kappa shape index (κ3) is 8.38. The maximum atomic E-state index is 14.0. The highest BCUT2D eigenvalue weighted by molar-refractivity contribution is 9.10. The van der Waals surface area contributed by atoms with Crippen molar-refractivity contribution in [3.8, 4) is 5.75 Å². The third-order valence-electron chi connectivity index (χ3n) is 6.10. The van der Waals surface area contributed by atoms with Crippen LogP contribution < -0.4 is 14.4 Å². The normalized spacial score (nSPS) is 12.1. The predicted octanol–water partition coefficient (Wildman–Crippen LogP) is 6.29. The number of benzene rings is 3. The molecule has 0 aliphatic rings. The summed E-state index contributed by atoms with van der Waals surface area (Å²) in [5.74, 6) is -0.473. The number of halogens is 3. The van der Waals surface area contributed by atoms with Crippen molar-refractivity contribution in [2.24, 2.45) is 0 Å². The number of rotatable bonds is 12. The Balaban J connectivity index is 2.07. The second-order valence-electron chi connectivity index (χ2n) is 9.45. The molecule has 12 heteroatoms. The topological polar surface area (TPSA) is 96.0 Å². The molecule has 0 unspecified atom stereocenters. The van der Waals surface area contributed by atoms with E-state index in [1.54, 1.807) is 75.4 Å². The fourth-order valence-electron chi connectivity index (χ4n) is 3.98. The van der Waals surface area contributed by atoms with Gasteiger partial charge in [0.15, 0.2) is 0 Å². The lowest BCUT2D eigenvalue weighted by Gasteiger charge is -2.32. The van der Waals surface area contributed by atoms with Crippen LogP contribution in [0.5, 0.6) is 5.75 Å². The number of carbonyl (C=O) groups is 2. The Labute approximate surface area is 259 Å². The SMILES string of the molecule is CCOc1ccc(N(CC(=O)N(Cc2c(Cl)cccc2Cl)[C@@H](C)C(=O)NC(C)C)S(=O)(=O)c2ccc(Br)cc2)cc1. The second-order valence-corrected chi connectivity index (χ2v) is 13.0. The lowest BCUT2D eigenvalue weighted by molar-refractivity contribution is -0.139. The van der Waals surface area contributed by atoms with Crippen LogP contribution in [-0.2, 0) is 26.2 Å². The average molecular weight is 685 g/mol. The second kappa shape index (κ2) is 14.4. The molecular weight excluding hydrogens is 653 g/mol. The van der Waals surface area contributed by atoms with Crippen LogP contribution in [-0.4, -0.2) is 50.4 Å². The number of anilines is 1. The molecular formula is C29H32BrCl2N3O5S. The summed E-state index contributed by atoms with van der Waals surface area (Å²) in [5.41, 5.74) is 0.691. The fraction of sp³-hybridized carbons (Fsp3) is 0.310. The van der Waals surface area contributed by atoms with E-state index in [-0.39, 0.29) is 23.2 Å². The highest BCUT2D eigenvalue weighted by Gasteiger charge is 2.33. The average Bonchev–Trinajstić information content (AvgIpc) is 2.91. The van der Waals surface area contributed by atoms with Crippen molar-refractivity contribution >= 4 is 66.7 Å². The van der Waals surface area contributed by atoms with Gasteiger partial charge in [0.25, 0.3) is 10.0 Å². The Hall–Kier alpha value is -2.79. The number of hydrogen-bond donors (Lipinski definition) is 1. The first-order valence-corrected chi connectivity index (χ1v) is 15.9. The van der Waals surface area contributed by atoms with Crippen molar-refractivity contribution in [3.63, 3.8) is 0 Å². The van der Waals surface area contributed by atoms with E-state index in [1.807, 2.05) is 6.92 Å². The van der Waals surface area contributed by atoms with Gasteiger partial charge in [-0.15, -0.1) is 0 Å². The van der Waals surface area contributed by atoms with E-state index >= 15 is 0 Å². The monoisotopic (exact) mass is 683 g/mol. The quantitative estimate of drug-likeness (QED) is 0.242. The molecule has 220 valence electrons. The van der Waals surface area contributed by atoms with E-state index in [4.69, 9.17) is 27.9 Å². The third-order valence-corrected chi connectivity index (χ3v) is 9.13. The van der Waals surface area contributed by atoms with E-state index in [0.717, 1.165) is 4.31 Å². The summed E-state index contributed by atoms with van der Waals surface area (Å²) in [4.78, 5) is 28.3. The van der Waals surface area contributed by atoms with Crippen LogP contribution >= 0.6 is 39.1 Å². The molecule has 3 rings (SSSR count). The minimum atomic E-state index is -4.21. The first-order valence-electron chi connectivity index (χ1n) is 12.9. The fourth-order valence-corrected chi connectivity index (χ4v) is 6.17. The van der Waals surface area contributed by atoms with Crippen LogP contribution in [0.25, 0.3) is 0 Å². The molecule has 0 fully saturated rings. The number of sulfonamides is 1. The summed E-state index contributed by atoms with van der Waals surface area (Å²) in [6.07, 6.45) is 0. The molecule has 0 spiro atoms. The first-order chi connectivity index (χ1) is 19.3. The molecule has 8 nitrogen and oxygen atoms in total. The van der Waals surface area contributed by atoms with E-state index in [0.29, 0.717) is 32.4 Å². The van der Waals surface area contributed by atoms with Crippen LogP contribution in [0.1, 0.15) is 33.3 Å². The first kappa shape index (κ1) is 32.7. The van der Waals surface area contributed by atoms with Crippen molar-refractivity contribution in [2.45, 2.75) is 51.2 Å². The minimum Gasteiger partial charge on any atom is -0.494 e.